The Morgan fingerprint density at radius 3 is 2.28 bits per heavy atom. The SMILES string of the molecule is CN(C)CCN1C(=O)c2ccccc2Sc2ccccc2S1(=O)=O.Cl. The second-order valence-corrected chi connectivity index (χ2v) is 8.65. The first-order valence-corrected chi connectivity index (χ1v) is 9.74. The topological polar surface area (TPSA) is 57.7 Å². The first-order chi connectivity index (χ1) is 11.4. The fraction of sp³-hybridized carbons (Fsp3) is 0.235. The molecule has 0 unspecified atom stereocenters. The van der Waals surface area contributed by atoms with Crippen LogP contribution in [0, 0.1) is 0 Å². The van der Waals surface area contributed by atoms with Crippen molar-refractivity contribution in [2.24, 2.45) is 0 Å². The molecular formula is C17H19ClN2O3S2. The van der Waals surface area contributed by atoms with Crippen LogP contribution in [0.3, 0.4) is 0 Å². The number of sulfonamides is 1. The zero-order valence-corrected chi connectivity index (χ0v) is 16.3. The van der Waals surface area contributed by atoms with Gasteiger partial charge in [0, 0.05) is 16.3 Å². The highest BCUT2D eigenvalue weighted by atomic mass is 35.5. The standard InChI is InChI=1S/C17H18N2O3S2.ClH/c1-18(2)11-12-19-17(20)13-7-3-4-8-14(13)23-15-9-5-6-10-16(15)24(19,21)22;/h3-10H,11-12H2,1-2H3;1H. The van der Waals surface area contributed by atoms with Crippen LogP contribution in [0.25, 0.3) is 0 Å². The molecule has 2 aromatic carbocycles. The number of rotatable bonds is 3. The van der Waals surface area contributed by atoms with Gasteiger partial charge in [0.25, 0.3) is 15.9 Å². The molecule has 0 fully saturated rings. The summed E-state index contributed by atoms with van der Waals surface area (Å²) in [6, 6.07) is 13.9. The Labute approximate surface area is 158 Å². The summed E-state index contributed by atoms with van der Waals surface area (Å²) in [5.74, 6) is -0.477. The third-order valence-electron chi connectivity index (χ3n) is 3.73. The molecule has 1 amide bonds. The molecule has 2 aromatic rings. The second-order valence-electron chi connectivity index (χ2n) is 5.73. The molecule has 8 heteroatoms. The average molecular weight is 399 g/mol. The minimum atomic E-state index is -3.89. The van der Waals surface area contributed by atoms with Gasteiger partial charge in [-0.3, -0.25) is 4.79 Å². The van der Waals surface area contributed by atoms with Crippen LogP contribution < -0.4 is 0 Å². The van der Waals surface area contributed by atoms with Gasteiger partial charge in [0.05, 0.1) is 12.1 Å². The van der Waals surface area contributed by atoms with E-state index >= 15 is 0 Å². The third kappa shape index (κ3) is 3.84. The van der Waals surface area contributed by atoms with E-state index in [1.165, 1.54) is 11.8 Å². The van der Waals surface area contributed by atoms with Gasteiger partial charge in [-0.15, -0.1) is 12.4 Å². The summed E-state index contributed by atoms with van der Waals surface area (Å²) in [5.41, 5.74) is 0.416. The number of nitrogens with zero attached hydrogens (tertiary/aromatic N) is 2. The molecule has 25 heavy (non-hydrogen) atoms. The van der Waals surface area contributed by atoms with Crippen molar-refractivity contribution in [3.05, 3.63) is 54.1 Å². The van der Waals surface area contributed by atoms with E-state index < -0.39 is 15.9 Å². The van der Waals surface area contributed by atoms with E-state index in [1.807, 2.05) is 31.1 Å². The molecule has 0 aliphatic carbocycles. The molecule has 1 heterocycles. The summed E-state index contributed by atoms with van der Waals surface area (Å²) >= 11 is 1.31. The smallest absolute Gasteiger partial charge is 0.268 e. The molecule has 0 spiro atoms. The lowest BCUT2D eigenvalue weighted by Gasteiger charge is -2.27. The van der Waals surface area contributed by atoms with Crippen molar-refractivity contribution in [2.45, 2.75) is 14.7 Å². The fourth-order valence-corrected chi connectivity index (χ4v) is 5.33. The summed E-state index contributed by atoms with van der Waals surface area (Å²) in [5, 5.41) is 0. The molecule has 0 radical (unpaired) electrons. The molecule has 0 atom stereocenters. The van der Waals surface area contributed by atoms with Crippen LogP contribution in [0.2, 0.25) is 0 Å². The number of hydrogen-bond donors (Lipinski definition) is 0. The Balaban J connectivity index is 0.00000225. The molecule has 0 N–H and O–H groups in total. The lowest BCUT2D eigenvalue weighted by atomic mass is 10.2. The number of halogens is 1. The van der Waals surface area contributed by atoms with E-state index in [2.05, 4.69) is 0 Å². The van der Waals surface area contributed by atoms with Crippen molar-refractivity contribution in [1.82, 2.24) is 9.21 Å². The molecular weight excluding hydrogens is 380 g/mol. The first-order valence-electron chi connectivity index (χ1n) is 7.49. The summed E-state index contributed by atoms with van der Waals surface area (Å²) in [6.45, 7) is 0.573. The van der Waals surface area contributed by atoms with Crippen LogP contribution >= 0.6 is 24.2 Å². The zero-order chi connectivity index (χ0) is 17.3. The normalized spacial score (nSPS) is 15.6. The Hall–Kier alpha value is -1.54. The summed E-state index contributed by atoms with van der Waals surface area (Å²) in [7, 11) is -0.202. The van der Waals surface area contributed by atoms with E-state index in [4.69, 9.17) is 0 Å². The highest BCUT2D eigenvalue weighted by Crippen LogP contribution is 2.38. The van der Waals surface area contributed by atoms with Crippen LogP contribution in [0.5, 0.6) is 0 Å². The predicted molar refractivity (Wildman–Crippen MR) is 101 cm³/mol. The van der Waals surface area contributed by atoms with E-state index in [0.717, 1.165) is 9.20 Å². The van der Waals surface area contributed by atoms with Crippen molar-refractivity contribution in [3.63, 3.8) is 0 Å². The Morgan fingerprint density at radius 2 is 1.60 bits per heavy atom. The Kier molecular flexibility index (Phi) is 6.16. The molecule has 1 aliphatic heterocycles. The number of fused-ring (bicyclic) bond motifs is 2. The molecule has 0 saturated carbocycles. The maximum atomic E-state index is 13.1. The van der Waals surface area contributed by atoms with Crippen molar-refractivity contribution in [1.29, 1.82) is 0 Å². The van der Waals surface area contributed by atoms with Crippen LogP contribution in [-0.2, 0) is 10.0 Å². The van der Waals surface area contributed by atoms with Gasteiger partial charge in [-0.2, -0.15) is 0 Å². The maximum Gasteiger partial charge on any atom is 0.268 e. The maximum absolute atomic E-state index is 13.1. The quantitative estimate of drug-likeness (QED) is 0.795. The number of hydrogen-bond acceptors (Lipinski definition) is 5. The van der Waals surface area contributed by atoms with Crippen molar-refractivity contribution in [3.8, 4) is 0 Å². The fourth-order valence-electron chi connectivity index (χ4n) is 2.47. The van der Waals surface area contributed by atoms with Gasteiger partial charge in [-0.05, 0) is 38.4 Å². The van der Waals surface area contributed by atoms with Gasteiger partial charge in [0.1, 0.15) is 4.90 Å². The van der Waals surface area contributed by atoms with Gasteiger partial charge in [-0.25, -0.2) is 12.7 Å². The van der Waals surface area contributed by atoms with E-state index in [1.54, 1.807) is 36.4 Å². The highest BCUT2D eigenvalue weighted by Gasteiger charge is 2.35. The Morgan fingerprint density at radius 1 is 1.00 bits per heavy atom. The van der Waals surface area contributed by atoms with Crippen molar-refractivity contribution >= 4 is 40.1 Å². The van der Waals surface area contributed by atoms with Crippen molar-refractivity contribution < 1.29 is 13.2 Å². The van der Waals surface area contributed by atoms with Crippen LogP contribution in [-0.4, -0.2) is 50.7 Å². The Bertz CT molecular complexity index is 885. The monoisotopic (exact) mass is 398 g/mol. The zero-order valence-electron chi connectivity index (χ0n) is 13.9. The summed E-state index contributed by atoms with van der Waals surface area (Å²) < 4.78 is 27.2. The first kappa shape index (κ1) is 19.8. The third-order valence-corrected chi connectivity index (χ3v) is 6.85. The number of amides is 1. The number of carbonyl (C=O) groups excluding carboxylic acids is 1. The minimum absolute atomic E-state index is 0. The summed E-state index contributed by atoms with van der Waals surface area (Å²) in [4.78, 5) is 16.4. The van der Waals surface area contributed by atoms with Gasteiger partial charge in [-0.1, -0.05) is 36.0 Å². The van der Waals surface area contributed by atoms with Gasteiger partial charge >= 0.3 is 0 Å². The number of likely N-dealkylation sites (N-methyl/N-ethyl adjacent to an activating group) is 1. The van der Waals surface area contributed by atoms with Crippen molar-refractivity contribution in [2.75, 3.05) is 27.2 Å². The molecule has 1 aliphatic rings. The van der Waals surface area contributed by atoms with Crippen LogP contribution in [0.15, 0.2) is 63.2 Å². The summed E-state index contributed by atoms with van der Waals surface area (Å²) in [6.07, 6.45) is 0. The largest absolute Gasteiger partial charge is 0.308 e. The minimum Gasteiger partial charge on any atom is -0.308 e. The number of carbonyl (C=O) groups is 1. The molecule has 5 nitrogen and oxygen atoms in total. The lowest BCUT2D eigenvalue weighted by molar-refractivity contribution is 0.0851. The molecule has 134 valence electrons. The highest BCUT2D eigenvalue weighted by molar-refractivity contribution is 8.00. The number of benzene rings is 2. The van der Waals surface area contributed by atoms with E-state index in [-0.39, 0.29) is 23.8 Å². The lowest BCUT2D eigenvalue weighted by Crippen LogP contribution is -2.42. The van der Waals surface area contributed by atoms with E-state index in [0.29, 0.717) is 17.0 Å². The van der Waals surface area contributed by atoms with Crippen LogP contribution in [0.1, 0.15) is 10.4 Å². The van der Waals surface area contributed by atoms with Crippen LogP contribution in [0.4, 0.5) is 0 Å². The predicted octanol–water partition coefficient (Wildman–Crippen LogP) is 2.97. The average Bonchev–Trinajstić information content (AvgIpc) is 2.54. The van der Waals surface area contributed by atoms with Gasteiger partial charge in [0.15, 0.2) is 0 Å². The molecule has 0 bridgehead atoms. The molecule has 0 aromatic heterocycles. The van der Waals surface area contributed by atoms with Gasteiger partial charge < -0.3 is 4.90 Å². The molecule has 3 rings (SSSR count). The van der Waals surface area contributed by atoms with Gasteiger partial charge in [0.2, 0.25) is 0 Å². The molecule has 0 saturated heterocycles. The second kappa shape index (κ2) is 7.78. The van der Waals surface area contributed by atoms with E-state index in [9.17, 15) is 13.2 Å².